The molecule has 0 aromatic heterocycles. The molecule has 0 aliphatic heterocycles. The highest BCUT2D eigenvalue weighted by Gasteiger charge is 1.90. The van der Waals surface area contributed by atoms with E-state index in [1.807, 2.05) is 24.3 Å². The van der Waals surface area contributed by atoms with E-state index in [0.29, 0.717) is 0 Å². The van der Waals surface area contributed by atoms with E-state index >= 15 is 0 Å². The van der Waals surface area contributed by atoms with E-state index in [-0.39, 0.29) is 0 Å². The molecule has 0 unspecified atom stereocenters. The number of benzene rings is 1. The van der Waals surface area contributed by atoms with Gasteiger partial charge in [-0.15, -0.1) is 0 Å². The molecule has 0 saturated heterocycles. The fourth-order valence-corrected chi connectivity index (χ4v) is 0.806. The van der Waals surface area contributed by atoms with Crippen molar-refractivity contribution in [1.29, 1.82) is 0 Å². The van der Waals surface area contributed by atoms with E-state index in [9.17, 15) is 0 Å². The summed E-state index contributed by atoms with van der Waals surface area (Å²) in [4.78, 5) is 0. The second-order valence-electron chi connectivity index (χ2n) is 1.94. The van der Waals surface area contributed by atoms with Crippen molar-refractivity contribution in [2.75, 3.05) is 5.23 Å². The first-order valence-electron chi connectivity index (χ1n) is 3.06. The molecule has 1 aromatic carbocycles. The van der Waals surface area contributed by atoms with E-state index in [0.717, 1.165) is 11.3 Å². The maximum Gasteiger partial charge on any atom is 0.222 e. The molecule has 1 N–H and O–H groups in total. The molecule has 0 aliphatic rings. The minimum Gasteiger partial charge on any atom is -0.437 e. The molecule has 0 fully saturated rings. The quantitative estimate of drug-likeness (QED) is 0.600. The van der Waals surface area contributed by atoms with Gasteiger partial charge in [0.15, 0.2) is 0 Å². The predicted octanol–water partition coefficient (Wildman–Crippen LogP) is 1.82. The normalized spacial score (nSPS) is 8.80. The lowest BCUT2D eigenvalue weighted by Crippen LogP contribution is -1.91. The van der Waals surface area contributed by atoms with Crippen LogP contribution in [0.25, 0.3) is 6.08 Å². The van der Waals surface area contributed by atoms with Crippen molar-refractivity contribution in [1.82, 2.24) is 0 Å². The predicted molar refractivity (Wildman–Crippen MR) is 45.9 cm³/mol. The summed E-state index contributed by atoms with van der Waals surface area (Å²) in [6.07, 6.45) is 1.76. The van der Waals surface area contributed by atoms with Crippen LogP contribution >= 0.6 is 0 Å². The van der Waals surface area contributed by atoms with E-state index in [4.69, 9.17) is 7.98 Å². The summed E-state index contributed by atoms with van der Waals surface area (Å²) in [6, 6.07) is 7.71. The average Bonchev–Trinajstić information content (AvgIpc) is 2.04. The van der Waals surface area contributed by atoms with Crippen LogP contribution in [0.2, 0.25) is 0 Å². The zero-order chi connectivity index (χ0) is 7.40. The third-order valence-corrected chi connectivity index (χ3v) is 1.34. The number of nitrogens with one attached hydrogen (secondary N) is 1. The van der Waals surface area contributed by atoms with Crippen LogP contribution in [-0.4, -0.2) is 7.98 Å². The van der Waals surface area contributed by atoms with Crippen LogP contribution in [-0.2, 0) is 0 Å². The number of hydrogen-bond acceptors (Lipinski definition) is 1. The topological polar surface area (TPSA) is 12.0 Å². The van der Waals surface area contributed by atoms with Gasteiger partial charge in [-0.2, -0.15) is 0 Å². The first-order valence-corrected chi connectivity index (χ1v) is 3.06. The molecule has 0 amide bonds. The Labute approximate surface area is 62.2 Å². The van der Waals surface area contributed by atoms with Crippen molar-refractivity contribution in [2.45, 2.75) is 0 Å². The highest BCUT2D eigenvalue weighted by Crippen LogP contribution is 2.13. The van der Waals surface area contributed by atoms with Gasteiger partial charge in [0.05, 0.1) is 0 Å². The van der Waals surface area contributed by atoms with Crippen molar-refractivity contribution < 1.29 is 0 Å². The second kappa shape index (κ2) is 3.11. The Hall–Kier alpha value is -1.18. The maximum absolute atomic E-state index is 5.23. The van der Waals surface area contributed by atoms with Crippen LogP contribution in [0.1, 0.15) is 5.56 Å². The monoisotopic (exact) mass is 129 g/mol. The minimum absolute atomic E-state index is 0.900. The van der Waals surface area contributed by atoms with Crippen molar-refractivity contribution in [3.63, 3.8) is 0 Å². The van der Waals surface area contributed by atoms with E-state index in [1.165, 1.54) is 0 Å². The van der Waals surface area contributed by atoms with Crippen LogP contribution in [0.15, 0.2) is 30.8 Å². The molecule has 0 aliphatic carbocycles. The van der Waals surface area contributed by atoms with Gasteiger partial charge in [-0.05, 0) is 11.6 Å². The Kier molecular flexibility index (Phi) is 2.16. The summed E-state index contributed by atoms with van der Waals surface area (Å²) in [6.45, 7) is 3.64. The zero-order valence-electron chi connectivity index (χ0n) is 5.67. The van der Waals surface area contributed by atoms with Crippen molar-refractivity contribution in [3.05, 3.63) is 36.4 Å². The highest BCUT2D eigenvalue weighted by molar-refractivity contribution is 6.16. The van der Waals surface area contributed by atoms with Crippen molar-refractivity contribution >= 4 is 19.7 Å². The summed E-state index contributed by atoms with van der Waals surface area (Å²) in [5.74, 6) is 0. The van der Waals surface area contributed by atoms with E-state index in [1.54, 1.807) is 6.08 Å². The summed E-state index contributed by atoms with van der Waals surface area (Å²) in [5, 5.41) is 2.58. The van der Waals surface area contributed by atoms with Crippen LogP contribution in [0.5, 0.6) is 0 Å². The largest absolute Gasteiger partial charge is 0.437 e. The average molecular weight is 129 g/mol. The minimum atomic E-state index is 0.900. The van der Waals surface area contributed by atoms with Crippen molar-refractivity contribution in [3.8, 4) is 0 Å². The molecule has 1 rings (SSSR count). The Morgan fingerprint density at radius 2 is 2.10 bits per heavy atom. The van der Waals surface area contributed by atoms with Gasteiger partial charge in [0.25, 0.3) is 0 Å². The van der Waals surface area contributed by atoms with E-state index in [2.05, 4.69) is 11.8 Å². The third-order valence-electron chi connectivity index (χ3n) is 1.34. The van der Waals surface area contributed by atoms with Crippen LogP contribution in [0, 0.1) is 0 Å². The maximum atomic E-state index is 5.23. The molecule has 1 aromatic rings. The summed E-state index contributed by atoms with van der Waals surface area (Å²) in [7, 11) is 5.23. The molecule has 48 valence electrons. The SMILES string of the molecule is [B]Nc1ccccc1C=C. The Bertz CT molecular complexity index is 232. The lowest BCUT2D eigenvalue weighted by molar-refractivity contribution is 1.64. The number of para-hydroxylation sites is 1. The number of anilines is 1. The fourth-order valence-electron chi connectivity index (χ4n) is 0.806. The van der Waals surface area contributed by atoms with Crippen LogP contribution < -0.4 is 5.23 Å². The molecular formula is C8H8BN. The van der Waals surface area contributed by atoms with Gasteiger partial charge in [-0.25, -0.2) is 0 Å². The summed E-state index contributed by atoms with van der Waals surface area (Å²) >= 11 is 0. The first kappa shape index (κ1) is 6.94. The molecule has 10 heavy (non-hydrogen) atoms. The lowest BCUT2D eigenvalue weighted by atomic mass is 10.1. The van der Waals surface area contributed by atoms with Gasteiger partial charge >= 0.3 is 0 Å². The molecule has 2 heteroatoms. The zero-order valence-corrected chi connectivity index (χ0v) is 5.67. The molecular weight excluding hydrogens is 121 g/mol. The summed E-state index contributed by atoms with van der Waals surface area (Å²) < 4.78 is 0. The summed E-state index contributed by atoms with van der Waals surface area (Å²) in [5.41, 5.74) is 1.92. The van der Waals surface area contributed by atoms with Gasteiger partial charge in [0.1, 0.15) is 0 Å². The fraction of sp³-hybridized carbons (Fsp3) is 0. The van der Waals surface area contributed by atoms with Gasteiger partial charge in [0, 0.05) is 5.69 Å². The van der Waals surface area contributed by atoms with Crippen molar-refractivity contribution in [2.24, 2.45) is 0 Å². The number of rotatable bonds is 2. The van der Waals surface area contributed by atoms with Gasteiger partial charge in [-0.1, -0.05) is 30.9 Å². The molecule has 1 nitrogen and oxygen atoms in total. The second-order valence-corrected chi connectivity index (χ2v) is 1.94. The molecule has 0 saturated carbocycles. The molecule has 0 atom stereocenters. The lowest BCUT2D eigenvalue weighted by Gasteiger charge is -2.02. The Balaban J connectivity index is 3.08. The molecule has 0 heterocycles. The van der Waals surface area contributed by atoms with Gasteiger partial charge in [0.2, 0.25) is 7.98 Å². The third kappa shape index (κ3) is 1.21. The highest BCUT2D eigenvalue weighted by atomic mass is 14.7. The molecule has 0 spiro atoms. The van der Waals surface area contributed by atoms with Gasteiger partial charge < -0.3 is 5.23 Å². The van der Waals surface area contributed by atoms with Crippen LogP contribution in [0.4, 0.5) is 5.69 Å². The van der Waals surface area contributed by atoms with E-state index < -0.39 is 0 Å². The molecule has 0 bridgehead atoms. The molecule has 2 radical (unpaired) electrons. The van der Waals surface area contributed by atoms with Gasteiger partial charge in [-0.3, -0.25) is 0 Å². The van der Waals surface area contributed by atoms with Crippen LogP contribution in [0.3, 0.4) is 0 Å². The standard InChI is InChI=1S/C8H8BN/c1-2-7-5-3-4-6-8(7)10-9/h2-6,10H,1H2. The number of hydrogen-bond donors (Lipinski definition) is 1. The Morgan fingerprint density at radius 1 is 1.40 bits per heavy atom. The smallest absolute Gasteiger partial charge is 0.222 e. The Morgan fingerprint density at radius 3 is 2.60 bits per heavy atom. The first-order chi connectivity index (χ1) is 4.88.